The lowest BCUT2D eigenvalue weighted by Gasteiger charge is -2.18. The Labute approximate surface area is 177 Å². The molecule has 0 saturated heterocycles. The molecular weight excluding hydrogens is 408 g/mol. The number of carbonyl (C=O) groups is 1. The highest BCUT2D eigenvalue weighted by Crippen LogP contribution is 2.27. The van der Waals surface area contributed by atoms with Crippen LogP contribution in [0.3, 0.4) is 0 Å². The lowest BCUT2D eigenvalue weighted by atomic mass is 10.3. The van der Waals surface area contributed by atoms with E-state index in [0.29, 0.717) is 25.2 Å². The monoisotopic (exact) mass is 438 g/mol. The topological polar surface area (TPSA) is 84.3 Å². The van der Waals surface area contributed by atoms with Crippen molar-refractivity contribution in [3.63, 3.8) is 0 Å². The normalized spacial score (nSPS) is 11.9. The highest BCUT2D eigenvalue weighted by molar-refractivity contribution is 7.99. The maximum absolute atomic E-state index is 12.8. The molecule has 0 aliphatic rings. The van der Waals surface area contributed by atoms with E-state index < -0.39 is 10.0 Å². The van der Waals surface area contributed by atoms with Gasteiger partial charge in [0, 0.05) is 26.2 Å². The third-order valence-corrected chi connectivity index (χ3v) is 7.56. The van der Waals surface area contributed by atoms with Crippen molar-refractivity contribution in [2.75, 3.05) is 25.4 Å². The molecule has 1 amide bonds. The summed E-state index contributed by atoms with van der Waals surface area (Å²) in [5.74, 6) is 0.155. The van der Waals surface area contributed by atoms with Gasteiger partial charge in [0.2, 0.25) is 15.9 Å². The number of unbranched alkanes of at least 4 members (excludes halogenated alkanes) is 1. The number of nitrogens with zero attached hydrogens (tertiary/aromatic N) is 3. The predicted molar refractivity (Wildman–Crippen MR) is 119 cm³/mol. The second-order valence-corrected chi connectivity index (χ2v) is 9.40. The number of sulfonamides is 1. The number of thioether (sulfide) groups is 1. The molecule has 0 aliphatic heterocycles. The van der Waals surface area contributed by atoms with E-state index in [-0.39, 0.29) is 16.6 Å². The van der Waals surface area contributed by atoms with Crippen molar-refractivity contribution in [1.82, 2.24) is 19.2 Å². The molecule has 0 unspecified atom stereocenters. The van der Waals surface area contributed by atoms with Gasteiger partial charge in [-0.3, -0.25) is 4.79 Å². The molecule has 0 atom stereocenters. The van der Waals surface area contributed by atoms with E-state index >= 15 is 0 Å². The molecule has 1 aromatic carbocycles. The molecule has 9 heteroatoms. The Kier molecular flexibility index (Phi) is 8.73. The zero-order valence-electron chi connectivity index (χ0n) is 17.3. The van der Waals surface area contributed by atoms with Crippen molar-refractivity contribution in [2.45, 2.75) is 50.2 Å². The number of aromatic nitrogens is 2. The molecule has 0 saturated carbocycles. The summed E-state index contributed by atoms with van der Waals surface area (Å²) in [4.78, 5) is 16.8. The molecule has 1 N–H and O–H groups in total. The van der Waals surface area contributed by atoms with Crippen molar-refractivity contribution in [2.24, 2.45) is 0 Å². The first-order chi connectivity index (χ1) is 13.9. The van der Waals surface area contributed by atoms with Crippen molar-refractivity contribution in [3.8, 4) is 0 Å². The van der Waals surface area contributed by atoms with Crippen LogP contribution in [0.25, 0.3) is 11.0 Å². The Morgan fingerprint density at radius 1 is 1.31 bits per heavy atom. The standard InChI is InChI=1S/C20H30N4O3S2/c1-5-9-13-24-18-11-10-16(29(26,27)23(7-3)8-4)14-17(18)22-20(24)28-15-19(25)21-12-6-2/h6,10-11,14H,2,5,7-9,12-13,15H2,1,3-4H3,(H,21,25). The minimum absolute atomic E-state index is 0.0891. The fourth-order valence-electron chi connectivity index (χ4n) is 2.97. The molecule has 7 nitrogen and oxygen atoms in total. The third-order valence-electron chi connectivity index (χ3n) is 4.54. The average Bonchev–Trinajstić information content (AvgIpc) is 3.06. The highest BCUT2D eigenvalue weighted by atomic mass is 32.2. The van der Waals surface area contributed by atoms with E-state index in [0.717, 1.165) is 30.1 Å². The molecule has 0 radical (unpaired) electrons. The van der Waals surface area contributed by atoms with Crippen molar-refractivity contribution in [3.05, 3.63) is 30.9 Å². The van der Waals surface area contributed by atoms with E-state index in [1.165, 1.54) is 16.1 Å². The number of carbonyl (C=O) groups excluding carboxylic acids is 1. The first-order valence-corrected chi connectivity index (χ1v) is 12.3. The minimum atomic E-state index is -3.55. The van der Waals surface area contributed by atoms with Crippen LogP contribution in [0.4, 0.5) is 0 Å². The van der Waals surface area contributed by atoms with Crippen LogP contribution in [0.5, 0.6) is 0 Å². The molecule has 0 aliphatic carbocycles. The van der Waals surface area contributed by atoms with Gasteiger partial charge in [-0.15, -0.1) is 6.58 Å². The van der Waals surface area contributed by atoms with E-state index in [1.807, 2.05) is 19.9 Å². The Morgan fingerprint density at radius 2 is 2.03 bits per heavy atom. The van der Waals surface area contributed by atoms with Gasteiger partial charge in [0.1, 0.15) is 0 Å². The number of fused-ring (bicyclic) bond motifs is 1. The Balaban J connectivity index is 2.38. The van der Waals surface area contributed by atoms with Gasteiger partial charge < -0.3 is 9.88 Å². The third kappa shape index (κ3) is 5.61. The van der Waals surface area contributed by atoms with Gasteiger partial charge in [-0.05, 0) is 24.6 Å². The van der Waals surface area contributed by atoms with E-state index in [1.54, 1.807) is 18.2 Å². The SMILES string of the molecule is C=CCNC(=O)CSc1nc2cc(S(=O)(=O)N(CC)CC)ccc2n1CCCC. The summed E-state index contributed by atoms with van der Waals surface area (Å²) in [6, 6.07) is 5.09. The number of imidazole rings is 1. The van der Waals surface area contributed by atoms with E-state index in [9.17, 15) is 13.2 Å². The number of rotatable bonds is 12. The van der Waals surface area contributed by atoms with Gasteiger partial charge in [0.15, 0.2) is 5.16 Å². The largest absolute Gasteiger partial charge is 0.352 e. The highest BCUT2D eigenvalue weighted by Gasteiger charge is 2.23. The summed E-state index contributed by atoms with van der Waals surface area (Å²) in [6.07, 6.45) is 3.64. The van der Waals surface area contributed by atoms with E-state index in [2.05, 4.69) is 28.4 Å². The summed E-state index contributed by atoms with van der Waals surface area (Å²) in [7, 11) is -3.55. The first-order valence-electron chi connectivity index (χ1n) is 9.89. The number of amides is 1. The predicted octanol–water partition coefficient (Wildman–Crippen LogP) is 3.26. The zero-order chi connectivity index (χ0) is 21.4. The molecule has 0 fully saturated rings. The smallest absolute Gasteiger partial charge is 0.243 e. The summed E-state index contributed by atoms with van der Waals surface area (Å²) in [6.45, 7) is 11.4. The number of benzene rings is 1. The quantitative estimate of drug-likeness (QED) is 0.406. The Hall–Kier alpha value is -1.84. The van der Waals surface area contributed by atoms with Gasteiger partial charge >= 0.3 is 0 Å². The molecule has 2 rings (SSSR count). The minimum Gasteiger partial charge on any atom is -0.352 e. The van der Waals surface area contributed by atoms with Gasteiger partial charge in [-0.2, -0.15) is 4.31 Å². The van der Waals surface area contributed by atoms with Crippen LogP contribution >= 0.6 is 11.8 Å². The van der Waals surface area contributed by atoms with Gasteiger partial charge in [-0.25, -0.2) is 13.4 Å². The second-order valence-electron chi connectivity index (χ2n) is 6.52. The molecule has 0 bridgehead atoms. The van der Waals surface area contributed by atoms with Gasteiger partial charge in [0.05, 0.1) is 21.7 Å². The summed E-state index contributed by atoms with van der Waals surface area (Å²) >= 11 is 1.36. The molecular formula is C20H30N4O3S2. The fourth-order valence-corrected chi connectivity index (χ4v) is 5.32. The zero-order valence-corrected chi connectivity index (χ0v) is 19.0. The van der Waals surface area contributed by atoms with Crippen molar-refractivity contribution in [1.29, 1.82) is 0 Å². The molecule has 0 spiro atoms. The van der Waals surface area contributed by atoms with Gasteiger partial charge in [0.25, 0.3) is 0 Å². The van der Waals surface area contributed by atoms with Crippen LogP contribution in [0.15, 0.2) is 40.9 Å². The first kappa shape index (κ1) is 23.4. The van der Waals surface area contributed by atoms with Crippen LogP contribution in [0, 0.1) is 0 Å². The molecule has 29 heavy (non-hydrogen) atoms. The van der Waals surface area contributed by atoms with Crippen LogP contribution < -0.4 is 5.32 Å². The van der Waals surface area contributed by atoms with Crippen molar-refractivity contribution < 1.29 is 13.2 Å². The Bertz CT molecular complexity index is 950. The van der Waals surface area contributed by atoms with Crippen LogP contribution in [-0.4, -0.2) is 53.6 Å². The Morgan fingerprint density at radius 3 is 2.66 bits per heavy atom. The van der Waals surface area contributed by atoms with Crippen LogP contribution in [-0.2, 0) is 21.4 Å². The number of nitrogens with one attached hydrogen (secondary N) is 1. The van der Waals surface area contributed by atoms with Crippen LogP contribution in [0.1, 0.15) is 33.6 Å². The average molecular weight is 439 g/mol. The summed E-state index contributed by atoms with van der Waals surface area (Å²) in [5.41, 5.74) is 1.51. The number of aryl methyl sites for hydroxylation is 1. The summed E-state index contributed by atoms with van der Waals surface area (Å²) in [5, 5.41) is 3.48. The number of hydrogen-bond donors (Lipinski definition) is 1. The molecule has 1 aromatic heterocycles. The molecule has 2 aromatic rings. The number of hydrogen-bond acceptors (Lipinski definition) is 5. The van der Waals surface area contributed by atoms with Crippen molar-refractivity contribution >= 4 is 38.7 Å². The maximum atomic E-state index is 12.8. The van der Waals surface area contributed by atoms with E-state index in [4.69, 9.17) is 0 Å². The lowest BCUT2D eigenvalue weighted by Crippen LogP contribution is -2.30. The second kappa shape index (κ2) is 10.8. The summed E-state index contributed by atoms with van der Waals surface area (Å²) < 4.78 is 29.2. The molecule has 160 valence electrons. The fraction of sp³-hybridized carbons (Fsp3) is 0.500. The van der Waals surface area contributed by atoms with Gasteiger partial charge in [-0.1, -0.05) is 45.0 Å². The lowest BCUT2D eigenvalue weighted by molar-refractivity contribution is -0.118. The van der Waals surface area contributed by atoms with Crippen LogP contribution in [0.2, 0.25) is 0 Å². The maximum Gasteiger partial charge on any atom is 0.243 e. The molecule has 1 heterocycles.